The Morgan fingerprint density at radius 1 is 1.15 bits per heavy atom. The van der Waals surface area contributed by atoms with Crippen molar-refractivity contribution >= 4 is 11.8 Å². The number of halogens is 6. The van der Waals surface area contributed by atoms with Gasteiger partial charge in [-0.05, 0) is 36.4 Å². The molecule has 0 amide bonds. The van der Waals surface area contributed by atoms with Crippen LogP contribution >= 0.6 is 11.8 Å². The van der Waals surface area contributed by atoms with Gasteiger partial charge in [0.1, 0.15) is 0 Å². The average Bonchev–Trinajstić information content (AvgIpc) is 2.32. The number of benzene rings is 1. The number of alkyl halides is 6. The van der Waals surface area contributed by atoms with Gasteiger partial charge in [-0.1, -0.05) is 12.1 Å². The number of hydrogen-bond donors (Lipinski definition) is 1. The van der Waals surface area contributed by atoms with Crippen LogP contribution in [0.3, 0.4) is 0 Å². The molecular weight excluding hydrogens is 304 g/mol. The summed E-state index contributed by atoms with van der Waals surface area (Å²) in [6.45, 7) is 1.66. The highest BCUT2D eigenvalue weighted by molar-refractivity contribution is 8.00. The second-order valence-electron chi connectivity index (χ2n) is 4.09. The summed E-state index contributed by atoms with van der Waals surface area (Å²) in [5.41, 5.74) is -4.67. The molecule has 0 aliphatic carbocycles. The molecule has 0 saturated heterocycles. The van der Waals surface area contributed by atoms with Crippen LogP contribution < -0.4 is 5.32 Å². The molecular formula is C12H13F6NS. The zero-order valence-electron chi connectivity index (χ0n) is 10.5. The molecule has 0 aliphatic rings. The zero-order chi connectivity index (χ0) is 15.4. The van der Waals surface area contributed by atoms with Crippen LogP contribution in [0.1, 0.15) is 24.1 Å². The van der Waals surface area contributed by atoms with E-state index < -0.39 is 23.3 Å². The van der Waals surface area contributed by atoms with Gasteiger partial charge in [0.25, 0.3) is 0 Å². The molecule has 0 heterocycles. The minimum absolute atomic E-state index is 0.0571. The van der Waals surface area contributed by atoms with E-state index in [4.69, 9.17) is 0 Å². The topological polar surface area (TPSA) is 12.0 Å². The molecule has 1 nitrogen and oxygen atoms in total. The summed E-state index contributed by atoms with van der Waals surface area (Å²) < 4.78 is 73.3. The van der Waals surface area contributed by atoms with Crippen molar-refractivity contribution in [1.29, 1.82) is 0 Å². The lowest BCUT2D eigenvalue weighted by molar-refractivity contribution is -0.137. The van der Waals surface area contributed by atoms with Crippen LogP contribution in [0.2, 0.25) is 0 Å². The van der Waals surface area contributed by atoms with Gasteiger partial charge in [-0.15, -0.1) is 0 Å². The third-order valence-corrected chi connectivity index (χ3v) is 3.27. The Morgan fingerprint density at radius 3 is 2.35 bits per heavy atom. The lowest BCUT2D eigenvalue weighted by atomic mass is 10.1. The molecule has 8 heteroatoms. The van der Waals surface area contributed by atoms with Crippen LogP contribution in [0.15, 0.2) is 24.3 Å². The number of rotatable bonds is 5. The highest BCUT2D eigenvalue weighted by atomic mass is 32.2. The second-order valence-corrected chi connectivity index (χ2v) is 5.25. The first-order valence-electron chi connectivity index (χ1n) is 5.71. The van der Waals surface area contributed by atoms with Crippen molar-refractivity contribution in [3.8, 4) is 0 Å². The van der Waals surface area contributed by atoms with Gasteiger partial charge >= 0.3 is 11.7 Å². The van der Waals surface area contributed by atoms with Crippen LogP contribution in [-0.2, 0) is 6.18 Å². The summed E-state index contributed by atoms with van der Waals surface area (Å²) in [6.07, 6.45) is -4.43. The summed E-state index contributed by atoms with van der Waals surface area (Å²) in [5, 5.41) is 2.76. The highest BCUT2D eigenvalue weighted by Crippen LogP contribution is 2.31. The van der Waals surface area contributed by atoms with Crippen molar-refractivity contribution in [2.24, 2.45) is 0 Å². The van der Waals surface area contributed by atoms with Gasteiger partial charge in [0.2, 0.25) is 0 Å². The maximum absolute atomic E-state index is 12.5. The fourth-order valence-corrected chi connectivity index (χ4v) is 2.00. The lowest BCUT2D eigenvalue weighted by Gasteiger charge is -2.16. The molecule has 0 fully saturated rings. The molecule has 114 valence electrons. The summed E-state index contributed by atoms with van der Waals surface area (Å²) >= 11 is -0.164. The molecule has 1 aromatic rings. The van der Waals surface area contributed by atoms with Gasteiger partial charge in [-0.2, -0.15) is 26.3 Å². The fraction of sp³-hybridized carbons (Fsp3) is 0.500. The SMILES string of the molecule is CC(NCCSC(F)(F)F)c1cccc(C(F)(F)F)c1. The molecule has 1 N–H and O–H groups in total. The van der Waals surface area contributed by atoms with Crippen molar-refractivity contribution in [3.05, 3.63) is 35.4 Å². The Hall–Kier alpha value is -0.890. The molecule has 0 radical (unpaired) electrons. The van der Waals surface area contributed by atoms with Gasteiger partial charge < -0.3 is 5.32 Å². The van der Waals surface area contributed by atoms with E-state index in [2.05, 4.69) is 5.32 Å². The summed E-state index contributed by atoms with van der Waals surface area (Å²) in [7, 11) is 0. The molecule has 0 aliphatic heterocycles. The van der Waals surface area contributed by atoms with Gasteiger partial charge in [0, 0.05) is 18.3 Å². The van der Waals surface area contributed by atoms with Crippen molar-refractivity contribution < 1.29 is 26.3 Å². The summed E-state index contributed by atoms with van der Waals surface area (Å²) in [4.78, 5) is 0. The number of thioether (sulfide) groups is 1. The first-order chi connectivity index (χ1) is 9.09. The molecule has 0 aromatic heterocycles. The van der Waals surface area contributed by atoms with Crippen LogP contribution in [0.4, 0.5) is 26.3 Å². The van der Waals surface area contributed by atoms with E-state index in [-0.39, 0.29) is 24.1 Å². The van der Waals surface area contributed by atoms with E-state index in [9.17, 15) is 26.3 Å². The molecule has 20 heavy (non-hydrogen) atoms. The maximum Gasteiger partial charge on any atom is 0.441 e. The third-order valence-electron chi connectivity index (χ3n) is 2.53. The molecule has 0 bridgehead atoms. The van der Waals surface area contributed by atoms with Gasteiger partial charge in [-0.3, -0.25) is 0 Å². The standard InChI is InChI=1S/C12H13F6NS/c1-8(19-5-6-20-12(16,17)18)9-3-2-4-10(7-9)11(13,14)15/h2-4,7-8,19H,5-6H2,1H3. The first kappa shape index (κ1) is 17.2. The fourth-order valence-electron chi connectivity index (χ4n) is 1.54. The van der Waals surface area contributed by atoms with Crippen LogP contribution in [0.25, 0.3) is 0 Å². The van der Waals surface area contributed by atoms with E-state index in [1.807, 2.05) is 0 Å². The van der Waals surface area contributed by atoms with Crippen molar-refractivity contribution in [2.45, 2.75) is 24.7 Å². The maximum atomic E-state index is 12.5. The minimum atomic E-state index is -4.43. The molecule has 1 rings (SSSR count). The zero-order valence-corrected chi connectivity index (χ0v) is 11.3. The lowest BCUT2D eigenvalue weighted by Crippen LogP contribution is -2.22. The van der Waals surface area contributed by atoms with Crippen LogP contribution in [-0.4, -0.2) is 17.8 Å². The van der Waals surface area contributed by atoms with E-state index in [0.717, 1.165) is 12.1 Å². The van der Waals surface area contributed by atoms with Gasteiger partial charge in [0.15, 0.2) is 0 Å². The number of hydrogen-bond acceptors (Lipinski definition) is 2. The first-order valence-corrected chi connectivity index (χ1v) is 6.69. The average molecular weight is 317 g/mol. The third kappa shape index (κ3) is 6.04. The second kappa shape index (κ2) is 6.71. The van der Waals surface area contributed by atoms with E-state index >= 15 is 0 Å². The molecule has 0 spiro atoms. The number of nitrogens with one attached hydrogen (secondary N) is 1. The normalized spacial score (nSPS) is 14.3. The monoisotopic (exact) mass is 317 g/mol. The quantitative estimate of drug-likeness (QED) is 0.629. The Morgan fingerprint density at radius 2 is 1.80 bits per heavy atom. The summed E-state index contributed by atoms with van der Waals surface area (Å²) in [6, 6.07) is 4.28. The van der Waals surface area contributed by atoms with Gasteiger partial charge in [-0.25, -0.2) is 0 Å². The van der Waals surface area contributed by atoms with E-state index in [1.165, 1.54) is 12.1 Å². The Balaban J connectivity index is 2.54. The Labute approximate surface area is 116 Å². The molecule has 1 unspecified atom stereocenters. The molecule has 1 atom stereocenters. The van der Waals surface area contributed by atoms with Gasteiger partial charge in [0.05, 0.1) is 5.56 Å². The largest absolute Gasteiger partial charge is 0.441 e. The van der Waals surface area contributed by atoms with E-state index in [1.54, 1.807) is 6.92 Å². The van der Waals surface area contributed by atoms with E-state index in [0.29, 0.717) is 5.56 Å². The molecule has 0 saturated carbocycles. The van der Waals surface area contributed by atoms with Crippen LogP contribution in [0.5, 0.6) is 0 Å². The predicted molar refractivity (Wildman–Crippen MR) is 66.4 cm³/mol. The Kier molecular flexibility index (Phi) is 5.76. The predicted octanol–water partition coefficient (Wildman–Crippen LogP) is 4.61. The van der Waals surface area contributed by atoms with Crippen molar-refractivity contribution in [1.82, 2.24) is 5.32 Å². The molecule has 1 aromatic carbocycles. The van der Waals surface area contributed by atoms with Crippen molar-refractivity contribution in [2.75, 3.05) is 12.3 Å². The highest BCUT2D eigenvalue weighted by Gasteiger charge is 2.30. The smallest absolute Gasteiger partial charge is 0.309 e. The summed E-state index contributed by atoms with van der Waals surface area (Å²) in [5.74, 6) is -0.188. The Bertz CT molecular complexity index is 429. The van der Waals surface area contributed by atoms with Crippen LogP contribution in [0, 0.1) is 0 Å². The minimum Gasteiger partial charge on any atom is -0.309 e. The van der Waals surface area contributed by atoms with Crippen molar-refractivity contribution in [3.63, 3.8) is 0 Å².